The second-order valence-corrected chi connectivity index (χ2v) is 3.64. The average molecular weight is 224 g/mol. The van der Waals surface area contributed by atoms with Crippen LogP contribution in [-0.4, -0.2) is 35.1 Å². The number of nitrogens with zero attached hydrogens (tertiary/aromatic N) is 1. The van der Waals surface area contributed by atoms with E-state index in [0.29, 0.717) is 36.8 Å². The molecule has 1 heterocycles. The minimum atomic E-state index is -0.860. The molecule has 1 amide bonds. The largest absolute Gasteiger partial charge is 0.465 e. The lowest BCUT2D eigenvalue weighted by atomic mass is 10.0. The fourth-order valence-electron chi connectivity index (χ4n) is 1.33. The van der Waals surface area contributed by atoms with Crippen LogP contribution in [0.25, 0.3) is 0 Å². The Labute approximate surface area is 86.9 Å². The standard InChI is InChI=1S/C8H11Cl2NO2/c9-5-7(10)6-1-3-11(4-2-6)8(12)13/h1-5H2,(H,12,13). The molecule has 1 fully saturated rings. The molecule has 1 rings (SSSR count). The number of rotatable bonds is 1. The molecule has 13 heavy (non-hydrogen) atoms. The Morgan fingerprint density at radius 2 is 2.00 bits per heavy atom. The van der Waals surface area contributed by atoms with Gasteiger partial charge in [0.2, 0.25) is 0 Å². The predicted octanol–water partition coefficient (Wildman–Crippen LogP) is 2.49. The van der Waals surface area contributed by atoms with Gasteiger partial charge in [0, 0.05) is 18.1 Å². The van der Waals surface area contributed by atoms with Crippen LogP contribution in [0.2, 0.25) is 0 Å². The van der Waals surface area contributed by atoms with Gasteiger partial charge in [-0.3, -0.25) is 0 Å². The summed E-state index contributed by atoms with van der Waals surface area (Å²) in [6, 6.07) is 0. The highest BCUT2D eigenvalue weighted by molar-refractivity contribution is 6.36. The van der Waals surface area contributed by atoms with E-state index in [4.69, 9.17) is 28.3 Å². The number of alkyl halides is 1. The summed E-state index contributed by atoms with van der Waals surface area (Å²) in [7, 11) is 0. The Hall–Kier alpha value is -0.410. The van der Waals surface area contributed by atoms with Gasteiger partial charge in [0.25, 0.3) is 0 Å². The monoisotopic (exact) mass is 223 g/mol. The first kappa shape index (κ1) is 10.7. The van der Waals surface area contributed by atoms with Crippen LogP contribution in [0.4, 0.5) is 4.79 Å². The van der Waals surface area contributed by atoms with E-state index in [0.717, 1.165) is 5.57 Å². The summed E-state index contributed by atoms with van der Waals surface area (Å²) in [5.74, 6) is 0.323. The maximum absolute atomic E-state index is 10.6. The Bertz CT molecular complexity index is 230. The van der Waals surface area contributed by atoms with Crippen LogP contribution in [-0.2, 0) is 0 Å². The van der Waals surface area contributed by atoms with Gasteiger partial charge in [0.05, 0.1) is 5.88 Å². The van der Waals surface area contributed by atoms with Gasteiger partial charge in [-0.2, -0.15) is 0 Å². The van der Waals surface area contributed by atoms with E-state index in [1.807, 2.05) is 0 Å². The lowest BCUT2D eigenvalue weighted by Gasteiger charge is -2.26. The van der Waals surface area contributed by atoms with Crippen molar-refractivity contribution in [3.05, 3.63) is 10.6 Å². The van der Waals surface area contributed by atoms with Crippen LogP contribution in [0.5, 0.6) is 0 Å². The molecule has 1 aliphatic heterocycles. The molecular formula is C8H11Cl2NO2. The molecule has 0 radical (unpaired) electrons. The second-order valence-electron chi connectivity index (χ2n) is 2.91. The van der Waals surface area contributed by atoms with Crippen molar-refractivity contribution < 1.29 is 9.90 Å². The number of likely N-dealkylation sites (tertiary alicyclic amines) is 1. The molecule has 0 spiro atoms. The Balaban J connectivity index is 2.52. The third-order valence-corrected chi connectivity index (χ3v) is 2.94. The van der Waals surface area contributed by atoms with Crippen LogP contribution >= 0.6 is 23.2 Å². The second kappa shape index (κ2) is 4.72. The summed E-state index contributed by atoms with van der Waals surface area (Å²) in [4.78, 5) is 11.9. The van der Waals surface area contributed by atoms with Crippen LogP contribution in [0, 0.1) is 0 Å². The van der Waals surface area contributed by atoms with Gasteiger partial charge >= 0.3 is 6.09 Å². The Kier molecular flexibility index (Phi) is 3.88. The molecule has 0 aromatic rings. The maximum Gasteiger partial charge on any atom is 0.407 e. The zero-order chi connectivity index (χ0) is 9.84. The summed E-state index contributed by atoms with van der Waals surface area (Å²) >= 11 is 11.4. The highest BCUT2D eigenvalue weighted by Crippen LogP contribution is 2.22. The fraction of sp³-hybridized carbons (Fsp3) is 0.625. The lowest BCUT2D eigenvalue weighted by Crippen LogP contribution is -2.35. The Morgan fingerprint density at radius 1 is 1.46 bits per heavy atom. The van der Waals surface area contributed by atoms with Gasteiger partial charge in [-0.25, -0.2) is 4.79 Å². The van der Waals surface area contributed by atoms with Gasteiger partial charge in [-0.1, -0.05) is 17.2 Å². The molecule has 0 saturated carbocycles. The van der Waals surface area contributed by atoms with Gasteiger partial charge in [-0.15, -0.1) is 11.6 Å². The number of allylic oxidation sites excluding steroid dienone is 1. The van der Waals surface area contributed by atoms with Crippen LogP contribution in [0.3, 0.4) is 0 Å². The van der Waals surface area contributed by atoms with Crippen LogP contribution < -0.4 is 0 Å². The van der Waals surface area contributed by atoms with Gasteiger partial charge in [0.1, 0.15) is 0 Å². The summed E-state index contributed by atoms with van der Waals surface area (Å²) in [6.45, 7) is 1.05. The molecule has 0 unspecified atom stereocenters. The van der Waals surface area contributed by atoms with E-state index < -0.39 is 6.09 Å². The number of piperidine rings is 1. The van der Waals surface area contributed by atoms with Crippen molar-refractivity contribution in [2.24, 2.45) is 0 Å². The third-order valence-electron chi connectivity index (χ3n) is 2.14. The van der Waals surface area contributed by atoms with E-state index >= 15 is 0 Å². The van der Waals surface area contributed by atoms with Crippen molar-refractivity contribution in [1.29, 1.82) is 0 Å². The molecule has 0 atom stereocenters. The molecule has 1 N–H and O–H groups in total. The minimum absolute atomic E-state index is 0.323. The van der Waals surface area contributed by atoms with E-state index in [9.17, 15) is 4.79 Å². The first-order valence-electron chi connectivity index (χ1n) is 4.05. The third kappa shape index (κ3) is 2.78. The predicted molar refractivity (Wildman–Crippen MR) is 52.4 cm³/mol. The average Bonchev–Trinajstić information content (AvgIpc) is 2.17. The number of halogens is 2. The Morgan fingerprint density at radius 3 is 2.38 bits per heavy atom. The van der Waals surface area contributed by atoms with Crippen molar-refractivity contribution in [2.75, 3.05) is 19.0 Å². The molecule has 5 heteroatoms. The molecular weight excluding hydrogens is 213 g/mol. The molecule has 0 aromatic heterocycles. The quantitative estimate of drug-likeness (QED) is 0.695. The van der Waals surface area contributed by atoms with E-state index in [1.54, 1.807) is 0 Å². The number of hydrogen-bond donors (Lipinski definition) is 1. The first-order valence-corrected chi connectivity index (χ1v) is 4.96. The number of hydrogen-bond acceptors (Lipinski definition) is 1. The summed E-state index contributed by atoms with van der Waals surface area (Å²) < 4.78 is 0. The highest BCUT2D eigenvalue weighted by atomic mass is 35.5. The summed E-state index contributed by atoms with van der Waals surface area (Å²) in [6.07, 6.45) is 0.552. The summed E-state index contributed by atoms with van der Waals surface area (Å²) in [5, 5.41) is 9.34. The van der Waals surface area contributed by atoms with Crippen molar-refractivity contribution in [1.82, 2.24) is 4.90 Å². The molecule has 1 saturated heterocycles. The van der Waals surface area contributed by atoms with E-state index in [1.165, 1.54) is 4.90 Å². The highest BCUT2D eigenvalue weighted by Gasteiger charge is 2.19. The lowest BCUT2D eigenvalue weighted by molar-refractivity contribution is 0.141. The smallest absolute Gasteiger partial charge is 0.407 e. The normalized spacial score (nSPS) is 17.4. The zero-order valence-electron chi connectivity index (χ0n) is 7.09. The molecule has 0 aliphatic carbocycles. The number of amides is 1. The van der Waals surface area contributed by atoms with Crippen molar-refractivity contribution in [3.63, 3.8) is 0 Å². The molecule has 1 aliphatic rings. The zero-order valence-corrected chi connectivity index (χ0v) is 8.61. The number of carbonyl (C=O) groups is 1. The van der Waals surface area contributed by atoms with E-state index in [2.05, 4.69) is 0 Å². The SMILES string of the molecule is O=C(O)N1CCC(=C(Cl)CCl)CC1. The van der Waals surface area contributed by atoms with Crippen molar-refractivity contribution in [2.45, 2.75) is 12.8 Å². The maximum atomic E-state index is 10.6. The van der Waals surface area contributed by atoms with Crippen LogP contribution in [0.15, 0.2) is 10.6 Å². The summed E-state index contributed by atoms with van der Waals surface area (Å²) in [5.41, 5.74) is 1.09. The van der Waals surface area contributed by atoms with Crippen LogP contribution in [0.1, 0.15) is 12.8 Å². The molecule has 3 nitrogen and oxygen atoms in total. The van der Waals surface area contributed by atoms with E-state index in [-0.39, 0.29) is 0 Å². The fourth-order valence-corrected chi connectivity index (χ4v) is 1.71. The van der Waals surface area contributed by atoms with Crippen molar-refractivity contribution in [3.8, 4) is 0 Å². The van der Waals surface area contributed by atoms with Crippen molar-refractivity contribution >= 4 is 29.3 Å². The molecule has 0 aromatic carbocycles. The van der Waals surface area contributed by atoms with Gasteiger partial charge in [0.15, 0.2) is 0 Å². The molecule has 74 valence electrons. The first-order chi connectivity index (χ1) is 6.15. The topological polar surface area (TPSA) is 40.5 Å². The van der Waals surface area contributed by atoms with Gasteiger partial charge < -0.3 is 10.0 Å². The number of carboxylic acid groups (broad SMARTS) is 1. The molecule has 0 bridgehead atoms. The minimum Gasteiger partial charge on any atom is -0.465 e. The van der Waals surface area contributed by atoms with Gasteiger partial charge in [-0.05, 0) is 12.8 Å².